The predicted octanol–water partition coefficient (Wildman–Crippen LogP) is 1.10. The monoisotopic (exact) mass is 258 g/mol. The van der Waals surface area contributed by atoms with Crippen LogP contribution in [0.3, 0.4) is 0 Å². The third kappa shape index (κ3) is 5.93. The fourth-order valence-electron chi connectivity index (χ4n) is 2.41. The minimum absolute atomic E-state index is 0. The molecule has 1 atom stereocenters. The SMILES string of the molecule is C1CNCC(CN2CCCC2)C1.Cl.Cl.O. The summed E-state index contributed by atoms with van der Waals surface area (Å²) in [6, 6.07) is 0. The van der Waals surface area contributed by atoms with Gasteiger partial charge in [-0.1, -0.05) is 0 Å². The van der Waals surface area contributed by atoms with Gasteiger partial charge in [-0.2, -0.15) is 0 Å². The third-order valence-electron chi connectivity index (χ3n) is 3.11. The van der Waals surface area contributed by atoms with E-state index < -0.39 is 0 Å². The van der Waals surface area contributed by atoms with Gasteiger partial charge in [-0.15, -0.1) is 24.8 Å². The van der Waals surface area contributed by atoms with Crippen molar-refractivity contribution in [2.75, 3.05) is 32.7 Å². The second kappa shape index (κ2) is 9.67. The first-order chi connectivity index (χ1) is 5.95. The highest BCUT2D eigenvalue weighted by atomic mass is 35.5. The van der Waals surface area contributed by atoms with Crippen LogP contribution in [-0.2, 0) is 0 Å². The second-order valence-corrected chi connectivity index (χ2v) is 4.22. The summed E-state index contributed by atoms with van der Waals surface area (Å²) in [5.74, 6) is 0.942. The van der Waals surface area contributed by atoms with Gasteiger partial charge in [0.15, 0.2) is 0 Å². The first-order valence-corrected chi connectivity index (χ1v) is 5.38. The summed E-state index contributed by atoms with van der Waals surface area (Å²) in [5.41, 5.74) is 0. The Labute approximate surface area is 105 Å². The van der Waals surface area contributed by atoms with Crippen LogP contribution in [0.4, 0.5) is 0 Å². The van der Waals surface area contributed by atoms with Crippen LogP contribution in [0, 0.1) is 5.92 Å². The van der Waals surface area contributed by atoms with Gasteiger partial charge in [0.25, 0.3) is 0 Å². The van der Waals surface area contributed by atoms with Crippen molar-refractivity contribution in [3.63, 3.8) is 0 Å². The summed E-state index contributed by atoms with van der Waals surface area (Å²) in [5, 5.41) is 3.48. The van der Waals surface area contributed by atoms with E-state index in [9.17, 15) is 0 Å². The van der Waals surface area contributed by atoms with Crippen LogP contribution in [0.5, 0.6) is 0 Å². The molecule has 94 valence electrons. The maximum atomic E-state index is 3.48. The van der Waals surface area contributed by atoms with Gasteiger partial charge in [0.2, 0.25) is 0 Å². The van der Waals surface area contributed by atoms with Crippen LogP contribution < -0.4 is 5.32 Å². The highest BCUT2D eigenvalue weighted by Gasteiger charge is 2.18. The molecule has 0 amide bonds. The molecule has 2 aliphatic heterocycles. The van der Waals surface area contributed by atoms with Crippen LogP contribution in [-0.4, -0.2) is 43.1 Å². The lowest BCUT2D eigenvalue weighted by atomic mass is 9.99. The second-order valence-electron chi connectivity index (χ2n) is 4.22. The number of rotatable bonds is 2. The zero-order valence-corrected chi connectivity index (χ0v) is 10.8. The average molecular weight is 259 g/mol. The lowest BCUT2D eigenvalue weighted by Gasteiger charge is -2.27. The van der Waals surface area contributed by atoms with Crippen molar-refractivity contribution in [2.24, 2.45) is 5.92 Å². The van der Waals surface area contributed by atoms with Crippen LogP contribution in [0.25, 0.3) is 0 Å². The minimum Gasteiger partial charge on any atom is -0.412 e. The lowest BCUT2D eigenvalue weighted by molar-refractivity contribution is 0.244. The standard InChI is InChI=1S/C10H20N2.2ClH.H2O/c1-2-7-12(6-1)9-10-4-3-5-11-8-10;;;/h10-11H,1-9H2;2*1H;1H2. The van der Waals surface area contributed by atoms with Crippen molar-refractivity contribution in [3.05, 3.63) is 0 Å². The zero-order valence-electron chi connectivity index (χ0n) is 9.21. The van der Waals surface area contributed by atoms with Crippen molar-refractivity contribution in [3.8, 4) is 0 Å². The van der Waals surface area contributed by atoms with Crippen LogP contribution >= 0.6 is 24.8 Å². The number of likely N-dealkylation sites (tertiary alicyclic amines) is 1. The van der Waals surface area contributed by atoms with Gasteiger partial charge in [-0.05, 0) is 57.8 Å². The molecule has 2 fully saturated rings. The fourth-order valence-corrected chi connectivity index (χ4v) is 2.41. The maximum Gasteiger partial charge on any atom is 0.00218 e. The molecule has 2 aliphatic rings. The molecule has 0 spiro atoms. The molecule has 15 heavy (non-hydrogen) atoms. The van der Waals surface area contributed by atoms with E-state index in [1.807, 2.05) is 0 Å². The number of hydrogen-bond donors (Lipinski definition) is 1. The van der Waals surface area contributed by atoms with Gasteiger partial charge in [0.1, 0.15) is 0 Å². The molecule has 3 N–H and O–H groups in total. The molecule has 5 heteroatoms. The number of hydrogen-bond acceptors (Lipinski definition) is 2. The number of nitrogens with zero attached hydrogens (tertiary/aromatic N) is 1. The summed E-state index contributed by atoms with van der Waals surface area (Å²) < 4.78 is 0. The summed E-state index contributed by atoms with van der Waals surface area (Å²) in [4.78, 5) is 2.64. The van der Waals surface area contributed by atoms with Gasteiger partial charge in [-0.3, -0.25) is 0 Å². The third-order valence-corrected chi connectivity index (χ3v) is 3.11. The largest absolute Gasteiger partial charge is 0.412 e. The average Bonchev–Trinajstić information content (AvgIpc) is 2.59. The Morgan fingerprint density at radius 1 is 1.07 bits per heavy atom. The molecule has 0 radical (unpaired) electrons. The number of nitrogens with one attached hydrogen (secondary N) is 1. The van der Waals surface area contributed by atoms with E-state index in [0.717, 1.165) is 5.92 Å². The highest BCUT2D eigenvalue weighted by Crippen LogP contribution is 2.15. The van der Waals surface area contributed by atoms with E-state index in [-0.39, 0.29) is 30.3 Å². The van der Waals surface area contributed by atoms with E-state index >= 15 is 0 Å². The molecule has 0 aliphatic carbocycles. The molecular weight excluding hydrogens is 235 g/mol. The first-order valence-electron chi connectivity index (χ1n) is 5.38. The molecule has 2 saturated heterocycles. The Hall–Kier alpha value is 0.460. The van der Waals surface area contributed by atoms with Gasteiger partial charge in [0, 0.05) is 6.54 Å². The van der Waals surface area contributed by atoms with Crippen LogP contribution in [0.15, 0.2) is 0 Å². The topological polar surface area (TPSA) is 46.8 Å². The molecule has 0 aromatic heterocycles. The molecule has 0 saturated carbocycles. The van der Waals surface area contributed by atoms with Crippen molar-refractivity contribution < 1.29 is 5.48 Å². The highest BCUT2D eigenvalue weighted by molar-refractivity contribution is 5.85. The molecule has 0 aromatic carbocycles. The predicted molar refractivity (Wildman–Crippen MR) is 69.4 cm³/mol. The molecule has 1 unspecified atom stereocenters. The van der Waals surface area contributed by atoms with Crippen molar-refractivity contribution in [2.45, 2.75) is 25.7 Å². The first kappa shape index (κ1) is 17.8. The molecule has 0 bridgehead atoms. The Bertz CT molecular complexity index is 137. The Balaban J connectivity index is 0. The van der Waals surface area contributed by atoms with E-state index in [4.69, 9.17) is 0 Å². The number of halogens is 2. The Morgan fingerprint density at radius 2 is 1.73 bits per heavy atom. The van der Waals surface area contributed by atoms with E-state index in [2.05, 4.69) is 10.2 Å². The molecule has 3 nitrogen and oxygen atoms in total. The van der Waals surface area contributed by atoms with Crippen molar-refractivity contribution in [1.82, 2.24) is 10.2 Å². The van der Waals surface area contributed by atoms with Crippen LogP contribution in [0.2, 0.25) is 0 Å². The van der Waals surface area contributed by atoms with Crippen molar-refractivity contribution >= 4 is 24.8 Å². The van der Waals surface area contributed by atoms with Gasteiger partial charge in [-0.25, -0.2) is 0 Å². The summed E-state index contributed by atoms with van der Waals surface area (Å²) >= 11 is 0. The zero-order chi connectivity index (χ0) is 8.23. The molecule has 0 aromatic rings. The number of piperidine rings is 1. The Morgan fingerprint density at radius 3 is 2.27 bits per heavy atom. The molecular formula is C10H24Cl2N2O. The van der Waals surface area contributed by atoms with E-state index in [1.54, 1.807) is 0 Å². The van der Waals surface area contributed by atoms with Gasteiger partial charge < -0.3 is 15.7 Å². The minimum atomic E-state index is 0. The quantitative estimate of drug-likeness (QED) is 0.807. The Kier molecular flexibility index (Phi) is 11.5. The van der Waals surface area contributed by atoms with Gasteiger partial charge in [0.05, 0.1) is 0 Å². The molecule has 2 rings (SSSR count). The summed E-state index contributed by atoms with van der Waals surface area (Å²) in [6.45, 7) is 6.58. The summed E-state index contributed by atoms with van der Waals surface area (Å²) in [6.07, 6.45) is 5.70. The van der Waals surface area contributed by atoms with E-state index in [0.29, 0.717) is 0 Å². The lowest BCUT2D eigenvalue weighted by Crippen LogP contribution is -2.37. The molecule has 2 heterocycles. The van der Waals surface area contributed by atoms with Crippen LogP contribution in [0.1, 0.15) is 25.7 Å². The van der Waals surface area contributed by atoms with E-state index in [1.165, 1.54) is 58.4 Å². The summed E-state index contributed by atoms with van der Waals surface area (Å²) in [7, 11) is 0. The van der Waals surface area contributed by atoms with Gasteiger partial charge >= 0.3 is 0 Å². The fraction of sp³-hybridized carbons (Fsp3) is 1.00. The smallest absolute Gasteiger partial charge is 0.00218 e. The maximum absolute atomic E-state index is 3.48. The van der Waals surface area contributed by atoms with Crippen molar-refractivity contribution in [1.29, 1.82) is 0 Å². The normalized spacial score (nSPS) is 26.0.